The minimum absolute atomic E-state index is 0. The normalized spacial score (nSPS) is 1.75. The van der Waals surface area contributed by atoms with Gasteiger partial charge in [-0.2, -0.15) is 0 Å². The Kier molecular flexibility index (Phi) is 24.7. The first-order valence-corrected chi connectivity index (χ1v) is 0.512. The van der Waals surface area contributed by atoms with Crippen molar-refractivity contribution in [2.75, 3.05) is 0 Å². The molecule has 0 aromatic rings. The van der Waals surface area contributed by atoms with Gasteiger partial charge in [0.2, 0.25) is 7.85 Å². The smallest absolute Gasteiger partial charge is 0.214 e. The van der Waals surface area contributed by atoms with E-state index in [9.17, 15) is 0 Å². The Hall–Kier alpha value is 0.139. The van der Waals surface area contributed by atoms with Gasteiger partial charge in [-0.15, -0.1) is 0 Å². The standard InChI is InChI=1S/CBN.V/c2-1-3;. The van der Waals surface area contributed by atoms with Crippen molar-refractivity contribution in [1.29, 1.82) is 5.26 Å². The molecule has 0 amide bonds. The molecule has 0 atom stereocenters. The molecule has 0 N–H and O–H groups in total. The van der Waals surface area contributed by atoms with E-state index in [0.717, 1.165) is 0 Å². The van der Waals surface area contributed by atoms with E-state index >= 15 is 0 Å². The van der Waals surface area contributed by atoms with Crippen molar-refractivity contribution >= 4 is 7.85 Å². The van der Waals surface area contributed by atoms with Crippen molar-refractivity contribution in [3.63, 3.8) is 0 Å². The van der Waals surface area contributed by atoms with E-state index in [4.69, 9.17) is 5.26 Å². The average molecular weight is 87.8 g/mol. The van der Waals surface area contributed by atoms with Gasteiger partial charge in [0.1, 0.15) is 0 Å². The molecule has 0 saturated carbocycles. The Morgan fingerprint density at radius 1 is 1.75 bits per heavy atom. The molecular weight excluding hydrogens is 87.8 g/mol. The number of hydrogen-bond donors (Lipinski definition) is 0. The van der Waals surface area contributed by atoms with Crippen molar-refractivity contribution < 1.29 is 18.6 Å². The third kappa shape index (κ3) is 143. The summed E-state index contributed by atoms with van der Waals surface area (Å²) in [6, 6.07) is 0. The summed E-state index contributed by atoms with van der Waals surface area (Å²) in [5.74, 6) is 1.25. The minimum Gasteiger partial charge on any atom is -0.214 e. The monoisotopic (exact) mass is 88.0 g/mol. The third-order valence-electron chi connectivity index (χ3n) is 0. The first-order valence-electron chi connectivity index (χ1n) is 0.512. The van der Waals surface area contributed by atoms with Crippen molar-refractivity contribution in [2.24, 2.45) is 0 Å². The Morgan fingerprint density at radius 3 is 1.75 bits per heavy atom. The second kappa shape index (κ2) is 11.1. The van der Waals surface area contributed by atoms with Crippen LogP contribution in [0.25, 0.3) is 0 Å². The molecule has 0 unspecified atom stereocenters. The molecule has 17 valence electrons. The number of nitriles is 1. The zero-order chi connectivity index (χ0) is 2.71. The molecule has 0 aliphatic carbocycles. The van der Waals surface area contributed by atoms with Gasteiger partial charge in [0.25, 0.3) is 0 Å². The van der Waals surface area contributed by atoms with E-state index in [1.807, 2.05) is 0 Å². The summed E-state index contributed by atoms with van der Waals surface area (Å²) >= 11 is 0. The zero-order valence-corrected chi connectivity index (χ0v) is 3.37. The summed E-state index contributed by atoms with van der Waals surface area (Å²) in [5, 5.41) is 7.10. The molecule has 3 radical (unpaired) electrons. The molecule has 0 fully saturated rings. The van der Waals surface area contributed by atoms with Crippen LogP contribution >= 0.6 is 0 Å². The number of hydrogen-bond acceptors (Lipinski definition) is 1. The number of rotatable bonds is 0. The molecule has 0 heterocycles. The Bertz CT molecular complexity index is 29.5. The summed E-state index contributed by atoms with van der Waals surface area (Å²) in [5.41, 5.74) is 0. The largest absolute Gasteiger partial charge is 0.229 e. The van der Waals surface area contributed by atoms with Gasteiger partial charge in [-0.05, 0) is 5.97 Å². The molecule has 0 bridgehead atoms. The molecule has 0 aliphatic rings. The van der Waals surface area contributed by atoms with Crippen LogP contribution in [0.15, 0.2) is 0 Å². The van der Waals surface area contributed by atoms with Gasteiger partial charge in [-0.25, -0.2) is 5.26 Å². The topological polar surface area (TPSA) is 23.8 Å². The second-order valence-corrected chi connectivity index (χ2v) is 0.129. The Labute approximate surface area is 38.3 Å². The summed E-state index contributed by atoms with van der Waals surface area (Å²) in [6.07, 6.45) is 0. The molecule has 0 aromatic carbocycles. The molecule has 1 nitrogen and oxygen atoms in total. The van der Waals surface area contributed by atoms with Crippen molar-refractivity contribution in [2.45, 2.75) is 0 Å². The average Bonchev–Trinajstić information content (AvgIpc) is 0.918. The van der Waals surface area contributed by atoms with Crippen LogP contribution in [0.5, 0.6) is 0 Å². The first kappa shape index (κ1) is 8.91. The van der Waals surface area contributed by atoms with Crippen LogP contribution in [0, 0.1) is 11.2 Å². The van der Waals surface area contributed by atoms with Crippen molar-refractivity contribution in [1.82, 2.24) is 0 Å². The van der Waals surface area contributed by atoms with Crippen LogP contribution in [0.2, 0.25) is 0 Å². The van der Waals surface area contributed by atoms with E-state index in [1.54, 1.807) is 0 Å². The molecule has 0 saturated heterocycles. The molecule has 0 aromatic heterocycles. The number of nitrogens with zero attached hydrogens (tertiary/aromatic N) is 1. The summed E-state index contributed by atoms with van der Waals surface area (Å²) < 4.78 is 0. The van der Waals surface area contributed by atoms with E-state index in [-0.39, 0.29) is 18.6 Å². The first-order chi connectivity index (χ1) is 1.41. The van der Waals surface area contributed by atoms with Crippen LogP contribution < -0.4 is 0 Å². The molecule has 0 rings (SSSR count). The van der Waals surface area contributed by atoms with Gasteiger partial charge in [-0.1, -0.05) is 0 Å². The second-order valence-electron chi connectivity index (χ2n) is 0.129. The van der Waals surface area contributed by atoms with Crippen LogP contribution in [0.3, 0.4) is 0 Å². The summed E-state index contributed by atoms with van der Waals surface area (Å²) in [4.78, 5) is 0. The van der Waals surface area contributed by atoms with E-state index in [2.05, 4.69) is 7.85 Å². The minimum atomic E-state index is 0. The fraction of sp³-hybridized carbons (Fsp3) is 0. The van der Waals surface area contributed by atoms with E-state index < -0.39 is 0 Å². The van der Waals surface area contributed by atoms with Crippen LogP contribution in [0.1, 0.15) is 0 Å². The SMILES string of the molecule is [B]C#N.[V]. The fourth-order valence-corrected chi connectivity index (χ4v) is 0. The van der Waals surface area contributed by atoms with Gasteiger partial charge in [0, 0.05) is 18.6 Å². The van der Waals surface area contributed by atoms with Crippen molar-refractivity contribution in [3.8, 4) is 5.97 Å². The van der Waals surface area contributed by atoms with E-state index in [0.29, 0.717) is 0 Å². The predicted molar refractivity (Wildman–Crippen MR) is 11.4 cm³/mol. The summed E-state index contributed by atoms with van der Waals surface area (Å²) in [7, 11) is 4.15. The zero-order valence-electron chi connectivity index (χ0n) is 1.97. The quantitative estimate of drug-likeness (QED) is 0.370. The summed E-state index contributed by atoms with van der Waals surface area (Å²) in [6.45, 7) is 0. The van der Waals surface area contributed by atoms with Crippen LogP contribution in [-0.2, 0) is 18.6 Å². The van der Waals surface area contributed by atoms with E-state index in [1.165, 1.54) is 5.97 Å². The molecule has 0 spiro atoms. The molecule has 3 heteroatoms. The molecular formula is CBNV. The Balaban J connectivity index is 0. The third-order valence-corrected chi connectivity index (χ3v) is 0. The Morgan fingerprint density at radius 2 is 1.75 bits per heavy atom. The molecule has 0 aliphatic heterocycles. The van der Waals surface area contributed by atoms with Crippen LogP contribution in [-0.4, -0.2) is 7.85 Å². The maximum Gasteiger partial charge on any atom is 0.229 e. The fourth-order valence-electron chi connectivity index (χ4n) is 0. The molecule has 4 heavy (non-hydrogen) atoms. The van der Waals surface area contributed by atoms with Gasteiger partial charge < -0.3 is 0 Å². The van der Waals surface area contributed by atoms with Crippen LogP contribution in [0.4, 0.5) is 0 Å². The van der Waals surface area contributed by atoms with Gasteiger partial charge in [-0.3, -0.25) is 0 Å². The van der Waals surface area contributed by atoms with Crippen molar-refractivity contribution in [3.05, 3.63) is 0 Å². The van der Waals surface area contributed by atoms with Gasteiger partial charge >= 0.3 is 0 Å². The maximum atomic E-state index is 7.10. The van der Waals surface area contributed by atoms with Gasteiger partial charge in [0.15, 0.2) is 0 Å². The maximum absolute atomic E-state index is 7.10. The van der Waals surface area contributed by atoms with Gasteiger partial charge in [0.05, 0.1) is 0 Å². The predicted octanol–water partition coefficient (Wildman–Crippen LogP) is -0.367.